The Morgan fingerprint density at radius 1 is 1.42 bits per heavy atom. The van der Waals surface area contributed by atoms with Crippen molar-refractivity contribution in [3.05, 3.63) is 29.8 Å². The summed E-state index contributed by atoms with van der Waals surface area (Å²) in [6, 6.07) is 8.54. The molecule has 1 aliphatic rings. The Morgan fingerprint density at radius 3 is 3.00 bits per heavy atom. The highest BCUT2D eigenvalue weighted by atomic mass is 16.2. The fourth-order valence-corrected chi connectivity index (χ4v) is 2.84. The zero-order chi connectivity index (χ0) is 13.7. The zero-order valence-electron chi connectivity index (χ0n) is 12.0. The number of nitrogens with zero attached hydrogens (tertiary/aromatic N) is 1. The SMILES string of the molecule is CC[C@@H]1CCCCN1CC(=O)Nc1cccc(C)c1. The van der Waals surface area contributed by atoms with E-state index in [1.807, 2.05) is 31.2 Å². The number of hydrogen-bond donors (Lipinski definition) is 1. The van der Waals surface area contributed by atoms with Gasteiger partial charge in [-0.3, -0.25) is 9.69 Å². The van der Waals surface area contributed by atoms with Gasteiger partial charge in [0.2, 0.25) is 5.91 Å². The van der Waals surface area contributed by atoms with E-state index >= 15 is 0 Å². The molecule has 2 rings (SSSR count). The highest BCUT2D eigenvalue weighted by Gasteiger charge is 2.22. The van der Waals surface area contributed by atoms with Crippen LogP contribution in [0.1, 0.15) is 38.2 Å². The number of anilines is 1. The maximum atomic E-state index is 12.1. The molecule has 1 aromatic carbocycles. The molecule has 0 aromatic heterocycles. The van der Waals surface area contributed by atoms with E-state index in [0.29, 0.717) is 12.6 Å². The van der Waals surface area contributed by atoms with Crippen LogP contribution in [0.5, 0.6) is 0 Å². The molecule has 1 atom stereocenters. The van der Waals surface area contributed by atoms with E-state index in [1.165, 1.54) is 24.8 Å². The number of piperidine rings is 1. The lowest BCUT2D eigenvalue weighted by atomic mass is 10.00. The molecule has 1 amide bonds. The number of rotatable bonds is 4. The minimum Gasteiger partial charge on any atom is -0.325 e. The number of carbonyl (C=O) groups excluding carboxylic acids is 1. The Bertz CT molecular complexity index is 431. The van der Waals surface area contributed by atoms with Crippen LogP contribution < -0.4 is 5.32 Å². The minimum absolute atomic E-state index is 0.103. The molecule has 3 heteroatoms. The van der Waals surface area contributed by atoms with Crippen molar-refractivity contribution in [2.75, 3.05) is 18.4 Å². The summed E-state index contributed by atoms with van der Waals surface area (Å²) in [5.41, 5.74) is 2.07. The predicted octanol–water partition coefficient (Wildman–Crippen LogP) is 3.20. The molecule has 1 saturated heterocycles. The number of nitrogens with one attached hydrogen (secondary N) is 1. The van der Waals surface area contributed by atoms with Gasteiger partial charge in [-0.2, -0.15) is 0 Å². The molecule has 3 nitrogen and oxygen atoms in total. The summed E-state index contributed by atoms with van der Waals surface area (Å²) in [4.78, 5) is 14.4. The average Bonchev–Trinajstić information content (AvgIpc) is 2.39. The van der Waals surface area contributed by atoms with E-state index in [4.69, 9.17) is 0 Å². The quantitative estimate of drug-likeness (QED) is 0.901. The Labute approximate surface area is 116 Å². The summed E-state index contributed by atoms with van der Waals surface area (Å²) in [7, 11) is 0. The summed E-state index contributed by atoms with van der Waals surface area (Å²) in [6.45, 7) is 5.82. The Hall–Kier alpha value is -1.35. The fourth-order valence-electron chi connectivity index (χ4n) is 2.84. The highest BCUT2D eigenvalue weighted by molar-refractivity contribution is 5.92. The maximum Gasteiger partial charge on any atom is 0.238 e. The molecule has 1 aromatic rings. The smallest absolute Gasteiger partial charge is 0.238 e. The topological polar surface area (TPSA) is 32.3 Å². The first-order chi connectivity index (χ1) is 9.19. The molecule has 0 radical (unpaired) electrons. The van der Waals surface area contributed by atoms with E-state index in [1.54, 1.807) is 0 Å². The molecule has 1 aliphatic heterocycles. The largest absolute Gasteiger partial charge is 0.325 e. The molecule has 0 bridgehead atoms. The van der Waals surface area contributed by atoms with Crippen molar-refractivity contribution in [2.45, 2.75) is 45.6 Å². The minimum atomic E-state index is 0.103. The Balaban J connectivity index is 1.90. The van der Waals surface area contributed by atoms with Gasteiger partial charge in [-0.25, -0.2) is 0 Å². The summed E-state index contributed by atoms with van der Waals surface area (Å²) in [5.74, 6) is 0.103. The Morgan fingerprint density at radius 2 is 2.26 bits per heavy atom. The normalized spacial score (nSPS) is 20.2. The van der Waals surface area contributed by atoms with Crippen LogP contribution in [-0.2, 0) is 4.79 Å². The summed E-state index contributed by atoms with van der Waals surface area (Å²) in [6.07, 6.45) is 4.88. The lowest BCUT2D eigenvalue weighted by Gasteiger charge is -2.34. The molecule has 1 heterocycles. The molecule has 0 unspecified atom stereocenters. The second kappa shape index (κ2) is 6.71. The van der Waals surface area contributed by atoms with E-state index < -0.39 is 0 Å². The van der Waals surface area contributed by atoms with Crippen molar-refractivity contribution in [1.82, 2.24) is 4.90 Å². The van der Waals surface area contributed by atoms with E-state index in [9.17, 15) is 4.79 Å². The van der Waals surface area contributed by atoms with Crippen LogP contribution in [0.15, 0.2) is 24.3 Å². The number of benzene rings is 1. The molecule has 0 spiro atoms. The monoisotopic (exact) mass is 260 g/mol. The van der Waals surface area contributed by atoms with Crippen LogP contribution in [0, 0.1) is 6.92 Å². The van der Waals surface area contributed by atoms with Crippen molar-refractivity contribution in [3.63, 3.8) is 0 Å². The number of likely N-dealkylation sites (tertiary alicyclic amines) is 1. The third-order valence-electron chi connectivity index (χ3n) is 3.87. The van der Waals surface area contributed by atoms with Gasteiger partial charge in [0, 0.05) is 11.7 Å². The number of hydrogen-bond acceptors (Lipinski definition) is 2. The van der Waals surface area contributed by atoms with Gasteiger partial charge in [-0.05, 0) is 50.4 Å². The number of carbonyl (C=O) groups is 1. The van der Waals surface area contributed by atoms with Gasteiger partial charge >= 0.3 is 0 Å². The second-order valence-corrected chi connectivity index (χ2v) is 5.45. The van der Waals surface area contributed by atoms with Gasteiger partial charge in [-0.15, -0.1) is 0 Å². The number of aryl methyl sites for hydroxylation is 1. The lowest BCUT2D eigenvalue weighted by Crippen LogP contribution is -2.43. The second-order valence-electron chi connectivity index (χ2n) is 5.45. The first-order valence-corrected chi connectivity index (χ1v) is 7.29. The van der Waals surface area contributed by atoms with Crippen molar-refractivity contribution < 1.29 is 4.79 Å². The molecule has 1 fully saturated rings. The molecular formula is C16H24N2O. The molecule has 1 N–H and O–H groups in total. The standard InChI is InChI=1S/C16H24N2O/c1-3-15-9-4-5-10-18(15)12-16(19)17-14-8-6-7-13(2)11-14/h6-8,11,15H,3-5,9-10,12H2,1-2H3,(H,17,19)/t15-/m1/s1. The van der Waals surface area contributed by atoms with Crippen LogP contribution in [0.25, 0.3) is 0 Å². The van der Waals surface area contributed by atoms with E-state index in [0.717, 1.165) is 18.7 Å². The van der Waals surface area contributed by atoms with Crippen molar-refractivity contribution in [3.8, 4) is 0 Å². The molecular weight excluding hydrogens is 236 g/mol. The summed E-state index contributed by atoms with van der Waals surface area (Å²) in [5, 5.41) is 2.99. The fraction of sp³-hybridized carbons (Fsp3) is 0.562. The van der Waals surface area contributed by atoms with E-state index in [2.05, 4.69) is 17.1 Å². The summed E-state index contributed by atoms with van der Waals surface area (Å²) < 4.78 is 0. The Kier molecular flexibility index (Phi) is 4.97. The van der Waals surface area contributed by atoms with Gasteiger partial charge in [-0.1, -0.05) is 25.5 Å². The van der Waals surface area contributed by atoms with Gasteiger partial charge < -0.3 is 5.32 Å². The maximum absolute atomic E-state index is 12.1. The third-order valence-corrected chi connectivity index (χ3v) is 3.87. The molecule has 19 heavy (non-hydrogen) atoms. The molecule has 0 aliphatic carbocycles. The van der Waals surface area contributed by atoms with Crippen LogP contribution in [0.4, 0.5) is 5.69 Å². The first-order valence-electron chi connectivity index (χ1n) is 7.29. The third kappa shape index (κ3) is 4.06. The van der Waals surface area contributed by atoms with Crippen molar-refractivity contribution in [1.29, 1.82) is 0 Å². The van der Waals surface area contributed by atoms with Gasteiger partial charge in [0.1, 0.15) is 0 Å². The molecule has 104 valence electrons. The summed E-state index contributed by atoms with van der Waals surface area (Å²) >= 11 is 0. The van der Waals surface area contributed by atoms with E-state index in [-0.39, 0.29) is 5.91 Å². The van der Waals surface area contributed by atoms with Crippen molar-refractivity contribution >= 4 is 11.6 Å². The van der Waals surface area contributed by atoms with Crippen LogP contribution in [0.2, 0.25) is 0 Å². The lowest BCUT2D eigenvalue weighted by molar-refractivity contribution is -0.118. The van der Waals surface area contributed by atoms with Gasteiger partial charge in [0.25, 0.3) is 0 Å². The average molecular weight is 260 g/mol. The molecule has 0 saturated carbocycles. The zero-order valence-corrected chi connectivity index (χ0v) is 12.0. The van der Waals surface area contributed by atoms with Crippen LogP contribution >= 0.6 is 0 Å². The van der Waals surface area contributed by atoms with Gasteiger partial charge in [0.05, 0.1) is 6.54 Å². The first kappa shape index (κ1) is 14.1. The van der Waals surface area contributed by atoms with Crippen LogP contribution in [0.3, 0.4) is 0 Å². The predicted molar refractivity (Wildman–Crippen MR) is 79.3 cm³/mol. The van der Waals surface area contributed by atoms with Crippen LogP contribution in [-0.4, -0.2) is 29.9 Å². The van der Waals surface area contributed by atoms with Crippen molar-refractivity contribution in [2.24, 2.45) is 0 Å². The highest BCUT2D eigenvalue weighted by Crippen LogP contribution is 2.19. The van der Waals surface area contributed by atoms with Gasteiger partial charge in [0.15, 0.2) is 0 Å². The number of amides is 1.